The number of nitrogens with one attached hydrogen (secondary N) is 1. The van der Waals surface area contributed by atoms with Crippen molar-refractivity contribution < 1.29 is 53.1 Å². The maximum atomic E-state index is 12.2. The van der Waals surface area contributed by atoms with Crippen LogP contribution in [0.3, 0.4) is 0 Å². The van der Waals surface area contributed by atoms with E-state index in [1.165, 1.54) is 14.0 Å². The Hall–Kier alpha value is -4.97. The predicted molar refractivity (Wildman–Crippen MR) is 258 cm³/mol. The van der Waals surface area contributed by atoms with E-state index < -0.39 is 47.1 Å². The van der Waals surface area contributed by atoms with Crippen LogP contribution >= 0.6 is 45.3 Å². The molecule has 0 saturated heterocycles. The molecule has 0 aliphatic heterocycles. The van der Waals surface area contributed by atoms with E-state index in [-0.39, 0.29) is 66.5 Å². The van der Waals surface area contributed by atoms with E-state index in [0.717, 1.165) is 56.5 Å². The lowest BCUT2D eigenvalue weighted by molar-refractivity contribution is -0.116. The summed E-state index contributed by atoms with van der Waals surface area (Å²) >= 11 is 3.13. The number of hydrogen-bond acceptors (Lipinski definition) is 28. The van der Waals surface area contributed by atoms with Gasteiger partial charge in [-0.2, -0.15) is 0 Å². The maximum Gasteiger partial charge on any atom is 0.373 e. The first-order valence-electron chi connectivity index (χ1n) is 18.2. The molecule has 6 aromatic rings. The largest absolute Gasteiger partial charge is 0.437 e. The predicted octanol–water partition coefficient (Wildman–Crippen LogP) is -1.82. The van der Waals surface area contributed by atoms with Crippen molar-refractivity contribution in [1.29, 1.82) is 0 Å². The lowest BCUT2D eigenvalue weighted by atomic mass is 9.88. The Morgan fingerprint density at radius 1 is 0.565 bits per heavy atom. The van der Waals surface area contributed by atoms with Crippen molar-refractivity contribution in [2.45, 2.75) is 70.9 Å². The second-order valence-corrected chi connectivity index (χ2v) is 23.8. The van der Waals surface area contributed by atoms with Crippen LogP contribution in [-0.4, -0.2) is 111 Å². The standard InChI is InChI=1S/C12H15BN4O4S2.C11H12N4O3S2.C5H7N3O3S2.C2H4N4O2S2.CH5N.CH4/c1-13(19)15-7-8-2-4-9(5-3-8)10(18)6-11-16-17-12(22-11)23(14,20)21;12-6-7-1-3-8(4-2-7)9(16)5-10-14-15-11(19-10)20(13,17)18;1-3(9)2-4-7-8-5(12-4)13(6,10)11;3-1-5-6-2(9-1)10(4,7)8;1-2;/h2-5,15,19H,6-7H2,1H3,(H2,14,20,21);1-4H,5-6,12H2,(H2,13,17,18);2H2,1H3,(H2,6,10,11);(H2,3,5)(H2,4,7,8);2H2,1H3;1H4. The number of rotatable bonds is 16. The van der Waals surface area contributed by atoms with Gasteiger partial charge in [0.15, 0.2) is 11.6 Å². The molecule has 0 radical (unpaired) electrons. The molecule has 0 atom stereocenters. The first-order chi connectivity index (χ1) is 31.5. The fourth-order valence-corrected chi connectivity index (χ4v) is 9.92. The van der Waals surface area contributed by atoms with Crippen molar-refractivity contribution in [2.75, 3.05) is 12.8 Å². The second kappa shape index (κ2) is 28.0. The molecule has 0 amide bonds. The van der Waals surface area contributed by atoms with E-state index in [1.807, 2.05) is 0 Å². The van der Waals surface area contributed by atoms with Crippen molar-refractivity contribution in [2.24, 2.45) is 32.0 Å². The van der Waals surface area contributed by atoms with E-state index in [9.17, 15) is 48.1 Å². The number of benzene rings is 2. The topological polar surface area (TPSA) is 505 Å². The Morgan fingerprint density at radius 3 is 1.14 bits per heavy atom. The van der Waals surface area contributed by atoms with E-state index in [4.69, 9.17) is 37.0 Å². The van der Waals surface area contributed by atoms with Gasteiger partial charge in [-0.15, -0.1) is 40.8 Å². The molecule has 0 aliphatic rings. The number of aromatic nitrogens is 8. The van der Waals surface area contributed by atoms with Crippen LogP contribution in [0.1, 0.15) is 61.2 Å². The van der Waals surface area contributed by atoms with Gasteiger partial charge in [0.25, 0.3) is 40.1 Å². The zero-order chi connectivity index (χ0) is 51.6. The minimum atomic E-state index is -3.90. The quantitative estimate of drug-likeness (QED) is 0.0380. The Bertz CT molecular complexity index is 3070. The van der Waals surface area contributed by atoms with Crippen LogP contribution in [0.2, 0.25) is 6.82 Å². The van der Waals surface area contributed by atoms with E-state index in [1.54, 1.807) is 55.4 Å². The highest BCUT2D eigenvalue weighted by Gasteiger charge is 2.20. The average Bonchev–Trinajstić information content (AvgIpc) is 4.10. The molecule has 6 rings (SSSR count). The molecule has 28 nitrogen and oxygen atoms in total. The third-order valence-electron chi connectivity index (χ3n) is 7.15. The number of nitrogen functional groups attached to an aromatic ring is 1. The summed E-state index contributed by atoms with van der Waals surface area (Å²) in [4.78, 5) is 34.8. The zero-order valence-electron chi connectivity index (χ0n) is 35.6. The average molecular weight is 1120 g/mol. The van der Waals surface area contributed by atoms with E-state index in [2.05, 4.69) is 51.8 Å². The summed E-state index contributed by atoms with van der Waals surface area (Å²) in [6.45, 7) is 3.90. The molecule has 37 heteroatoms. The molecule has 16 N–H and O–H groups in total. The summed E-state index contributed by atoms with van der Waals surface area (Å²) in [5, 5.41) is 60.0. The first-order valence-corrected chi connectivity index (χ1v) is 27.6. The van der Waals surface area contributed by atoms with Gasteiger partial charge in [-0.3, -0.25) is 14.4 Å². The summed E-state index contributed by atoms with van der Waals surface area (Å²) in [5.74, 6) is -0.472. The van der Waals surface area contributed by atoms with Gasteiger partial charge < -0.3 is 27.5 Å². The van der Waals surface area contributed by atoms with Crippen LogP contribution < -0.4 is 43.0 Å². The van der Waals surface area contributed by atoms with Crippen LogP contribution in [0.4, 0.5) is 5.13 Å². The number of anilines is 1. The monoisotopic (exact) mass is 1110 g/mol. The number of sulfonamides is 4. The third kappa shape index (κ3) is 22.6. The molecule has 0 spiro atoms. The molecule has 69 heavy (non-hydrogen) atoms. The molecule has 0 saturated carbocycles. The molecular formula is C32H47BN16O12S8. The molecule has 0 bridgehead atoms. The molecule has 0 aliphatic carbocycles. The molecule has 0 unspecified atom stereocenters. The molecular weight excluding hydrogens is 1070 g/mol. The van der Waals surface area contributed by atoms with Gasteiger partial charge in [0, 0.05) is 24.2 Å². The fourth-order valence-electron chi connectivity index (χ4n) is 4.20. The van der Waals surface area contributed by atoms with Gasteiger partial charge in [0.05, 0.1) is 19.3 Å². The summed E-state index contributed by atoms with van der Waals surface area (Å²) in [6, 6.07) is 13.8. The third-order valence-corrected chi connectivity index (χ3v) is 15.9. The van der Waals surface area contributed by atoms with Crippen molar-refractivity contribution in [3.8, 4) is 0 Å². The lowest BCUT2D eigenvalue weighted by Crippen LogP contribution is -2.29. The van der Waals surface area contributed by atoms with Gasteiger partial charge in [-0.25, -0.2) is 54.2 Å². The molecule has 378 valence electrons. The van der Waals surface area contributed by atoms with Gasteiger partial charge in [0.2, 0.25) is 22.5 Å². The smallest absolute Gasteiger partial charge is 0.373 e. The number of carbonyl (C=O) groups excluding carboxylic acids is 3. The minimum absolute atomic E-state index is 0. The van der Waals surface area contributed by atoms with Crippen LogP contribution in [0.25, 0.3) is 0 Å². The second-order valence-electron chi connectivity index (χ2n) is 12.7. The van der Waals surface area contributed by atoms with Crippen molar-refractivity contribution in [3.63, 3.8) is 0 Å². The number of carbonyl (C=O) groups is 3. The number of nitrogens with zero attached hydrogens (tertiary/aromatic N) is 8. The highest BCUT2D eigenvalue weighted by molar-refractivity contribution is 7.92. The SMILES string of the molecule is C.CB(O)NCc1ccc(C(=O)Cc2nnc(S(N)(=O)=O)s2)cc1.CC(=O)Cc1nnc(S(N)(=O)=O)s1.CN.NCc1ccc(C(=O)Cc2nnc(S(N)(=O)=O)s2)cc1.Nc1nnc(S(N)(=O)=O)s1. The van der Waals surface area contributed by atoms with Gasteiger partial charge in [-0.05, 0) is 31.9 Å². The Morgan fingerprint density at radius 2 is 0.884 bits per heavy atom. The molecule has 2 aromatic carbocycles. The van der Waals surface area contributed by atoms with Crippen LogP contribution in [0.15, 0.2) is 65.9 Å². The summed E-state index contributed by atoms with van der Waals surface area (Å²) in [5.41, 5.74) is 17.9. The van der Waals surface area contributed by atoms with Crippen molar-refractivity contribution >= 4 is 115 Å². The normalized spacial score (nSPS) is 11.1. The summed E-state index contributed by atoms with van der Waals surface area (Å²) < 4.78 is 85.7. The van der Waals surface area contributed by atoms with Crippen molar-refractivity contribution in [3.05, 3.63) is 85.8 Å². The Labute approximate surface area is 412 Å². The van der Waals surface area contributed by atoms with Gasteiger partial charge in [-0.1, -0.05) is 101 Å². The first kappa shape index (κ1) is 62.1. The molecule has 0 fully saturated rings. The number of primary sulfonamides is 4. The number of hydrogen-bond donors (Lipinski definition) is 9. The lowest BCUT2D eigenvalue weighted by Gasteiger charge is -2.05. The fraction of sp³-hybridized carbons (Fsp3) is 0.281. The highest BCUT2D eigenvalue weighted by Crippen LogP contribution is 2.19. The number of Topliss-reactive ketones (excluding diaryl/α,β-unsaturated/α-hetero) is 3. The number of ketones is 3. The Balaban J connectivity index is 0.000000472. The zero-order valence-corrected chi connectivity index (χ0v) is 42.1. The van der Waals surface area contributed by atoms with Crippen LogP contribution in [0.5, 0.6) is 0 Å². The maximum absolute atomic E-state index is 12.2. The van der Waals surface area contributed by atoms with Crippen molar-refractivity contribution in [1.82, 2.24) is 46.0 Å². The summed E-state index contributed by atoms with van der Waals surface area (Å²) in [6.07, 6.45) is 0.0286. The van der Waals surface area contributed by atoms with Crippen LogP contribution in [-0.2, 0) is 77.2 Å². The molecule has 4 aromatic heterocycles. The Kier molecular flexibility index (Phi) is 25.2. The van der Waals surface area contributed by atoms with Crippen LogP contribution in [0, 0.1) is 0 Å². The number of nitrogens with two attached hydrogens (primary N) is 7. The summed E-state index contributed by atoms with van der Waals surface area (Å²) in [7, 11) is -14.4. The van der Waals surface area contributed by atoms with Gasteiger partial charge >= 0.3 is 7.05 Å². The highest BCUT2D eigenvalue weighted by atomic mass is 32.3. The van der Waals surface area contributed by atoms with E-state index >= 15 is 0 Å². The van der Waals surface area contributed by atoms with Gasteiger partial charge in [0.1, 0.15) is 20.8 Å². The molecule has 4 heterocycles. The minimum Gasteiger partial charge on any atom is -0.437 e. The van der Waals surface area contributed by atoms with E-state index in [0.29, 0.717) is 39.2 Å².